The Labute approximate surface area is 200 Å². The molecule has 0 N–H and O–H groups in total. The van der Waals surface area contributed by atoms with Gasteiger partial charge >= 0.3 is 0 Å². The number of aromatic nitrogens is 3. The smallest absolute Gasteiger partial charge is 0.256 e. The first-order valence-corrected chi connectivity index (χ1v) is 11.7. The van der Waals surface area contributed by atoms with Crippen LogP contribution in [-0.2, 0) is 11.3 Å². The summed E-state index contributed by atoms with van der Waals surface area (Å²) in [6, 6.07) is 18.8. The van der Waals surface area contributed by atoms with Gasteiger partial charge < -0.3 is 4.90 Å². The first-order chi connectivity index (χ1) is 16.4. The van der Waals surface area contributed by atoms with Gasteiger partial charge in [-0.3, -0.25) is 14.5 Å². The normalized spacial score (nSPS) is 15.5. The number of carbonyl (C=O) groups excluding carboxylic acids is 1. The van der Waals surface area contributed by atoms with Gasteiger partial charge in [0.05, 0.1) is 29.4 Å². The number of amides is 1. The summed E-state index contributed by atoms with van der Waals surface area (Å²) >= 11 is 0. The number of aliphatic imine (C=N–C) groups is 1. The van der Waals surface area contributed by atoms with E-state index in [1.807, 2.05) is 35.8 Å². The summed E-state index contributed by atoms with van der Waals surface area (Å²) in [4.78, 5) is 23.8. The maximum Gasteiger partial charge on any atom is 0.256 e. The highest BCUT2D eigenvalue weighted by molar-refractivity contribution is 6.13. The molecule has 0 aliphatic carbocycles. The molecule has 1 aliphatic rings. The van der Waals surface area contributed by atoms with Crippen molar-refractivity contribution in [1.29, 1.82) is 0 Å². The second-order valence-corrected chi connectivity index (χ2v) is 9.49. The van der Waals surface area contributed by atoms with Crippen molar-refractivity contribution in [3.05, 3.63) is 83.8 Å². The largest absolute Gasteiger partial charge is 0.362 e. The van der Waals surface area contributed by atoms with Crippen LogP contribution in [0.1, 0.15) is 43.0 Å². The van der Waals surface area contributed by atoms with Crippen LogP contribution in [0.4, 0.5) is 0 Å². The zero-order chi connectivity index (χ0) is 23.8. The van der Waals surface area contributed by atoms with Crippen LogP contribution in [0.5, 0.6) is 0 Å². The SMILES string of the molecule is CC(C)CC1C(=O)N=C(N(C)C)c2c1nn(Cc1cccc3ccccc13)c2-c1ccncc1. The van der Waals surface area contributed by atoms with Crippen molar-refractivity contribution in [2.75, 3.05) is 14.1 Å². The van der Waals surface area contributed by atoms with Gasteiger partial charge in [-0.2, -0.15) is 10.1 Å². The van der Waals surface area contributed by atoms with E-state index in [2.05, 4.69) is 66.3 Å². The van der Waals surface area contributed by atoms with E-state index in [0.717, 1.165) is 28.9 Å². The molecule has 0 bridgehead atoms. The number of hydrogen-bond acceptors (Lipinski definition) is 4. The maximum absolute atomic E-state index is 13.1. The summed E-state index contributed by atoms with van der Waals surface area (Å²) in [5.74, 6) is 0.565. The summed E-state index contributed by atoms with van der Waals surface area (Å²) in [6.07, 6.45) is 4.31. The minimum atomic E-state index is -0.340. The second-order valence-electron chi connectivity index (χ2n) is 9.49. The van der Waals surface area contributed by atoms with Crippen molar-refractivity contribution in [2.45, 2.75) is 32.7 Å². The number of carbonyl (C=O) groups is 1. The molecule has 1 aliphatic heterocycles. The second kappa shape index (κ2) is 8.86. The van der Waals surface area contributed by atoms with Crippen LogP contribution in [0.25, 0.3) is 22.0 Å². The van der Waals surface area contributed by atoms with Crippen LogP contribution >= 0.6 is 0 Å². The Hall–Kier alpha value is -3.80. The van der Waals surface area contributed by atoms with Gasteiger partial charge in [0.25, 0.3) is 5.91 Å². The molecule has 5 rings (SSSR count). The number of hydrogen-bond donors (Lipinski definition) is 0. The summed E-state index contributed by atoms with van der Waals surface area (Å²) in [7, 11) is 3.86. The molecule has 6 heteroatoms. The Bertz CT molecular complexity index is 1380. The minimum absolute atomic E-state index is 0.110. The lowest BCUT2D eigenvalue weighted by Crippen LogP contribution is -2.31. The predicted octanol–water partition coefficient (Wildman–Crippen LogP) is 5.12. The van der Waals surface area contributed by atoms with Crippen molar-refractivity contribution in [1.82, 2.24) is 19.7 Å². The highest BCUT2D eigenvalue weighted by Crippen LogP contribution is 2.38. The number of nitrogens with zero attached hydrogens (tertiary/aromatic N) is 5. The van der Waals surface area contributed by atoms with E-state index < -0.39 is 0 Å². The maximum atomic E-state index is 13.1. The Kier molecular flexibility index (Phi) is 5.74. The monoisotopic (exact) mass is 451 g/mol. The van der Waals surface area contributed by atoms with E-state index in [1.165, 1.54) is 16.3 Å². The summed E-state index contributed by atoms with van der Waals surface area (Å²) in [5, 5.41) is 7.52. The summed E-state index contributed by atoms with van der Waals surface area (Å²) in [6.45, 7) is 4.86. The molecule has 2 aromatic heterocycles. The van der Waals surface area contributed by atoms with E-state index in [4.69, 9.17) is 5.10 Å². The van der Waals surface area contributed by atoms with Gasteiger partial charge in [0.2, 0.25) is 0 Å². The van der Waals surface area contributed by atoms with Gasteiger partial charge in [-0.25, -0.2) is 0 Å². The van der Waals surface area contributed by atoms with Crippen LogP contribution in [0.2, 0.25) is 0 Å². The summed E-state index contributed by atoms with van der Waals surface area (Å²) < 4.78 is 2.05. The highest BCUT2D eigenvalue weighted by atomic mass is 16.1. The third-order valence-corrected chi connectivity index (χ3v) is 6.33. The lowest BCUT2D eigenvalue weighted by Gasteiger charge is -2.25. The fraction of sp³-hybridized carbons (Fsp3) is 0.286. The summed E-state index contributed by atoms with van der Waals surface area (Å²) in [5.41, 5.74) is 4.93. The molecule has 34 heavy (non-hydrogen) atoms. The lowest BCUT2D eigenvalue weighted by molar-refractivity contribution is -0.119. The van der Waals surface area contributed by atoms with Crippen LogP contribution in [0, 0.1) is 5.92 Å². The molecule has 1 unspecified atom stereocenters. The molecule has 0 fully saturated rings. The molecule has 0 saturated carbocycles. The van der Waals surface area contributed by atoms with Gasteiger partial charge in [-0.15, -0.1) is 0 Å². The molecule has 6 nitrogen and oxygen atoms in total. The Balaban J connectivity index is 1.75. The molecule has 2 aromatic carbocycles. The number of benzene rings is 2. The minimum Gasteiger partial charge on any atom is -0.362 e. The van der Waals surface area contributed by atoms with E-state index >= 15 is 0 Å². The molecule has 1 amide bonds. The zero-order valence-electron chi connectivity index (χ0n) is 20.1. The van der Waals surface area contributed by atoms with E-state index in [0.29, 0.717) is 18.3 Å². The molecule has 0 radical (unpaired) electrons. The van der Waals surface area contributed by atoms with Crippen LogP contribution < -0.4 is 0 Å². The van der Waals surface area contributed by atoms with Gasteiger partial charge in [0.1, 0.15) is 5.84 Å². The van der Waals surface area contributed by atoms with Gasteiger partial charge in [0.15, 0.2) is 0 Å². The first kappa shape index (κ1) is 22.0. The van der Waals surface area contributed by atoms with Crippen LogP contribution in [-0.4, -0.2) is 45.5 Å². The predicted molar refractivity (Wildman–Crippen MR) is 136 cm³/mol. The molecule has 4 aromatic rings. The van der Waals surface area contributed by atoms with E-state index in [9.17, 15) is 4.79 Å². The quantitative estimate of drug-likeness (QED) is 0.422. The van der Waals surface area contributed by atoms with Crippen molar-refractivity contribution in [3.8, 4) is 11.3 Å². The van der Waals surface area contributed by atoms with E-state index in [-0.39, 0.29) is 11.8 Å². The van der Waals surface area contributed by atoms with Crippen LogP contribution in [0.3, 0.4) is 0 Å². The van der Waals surface area contributed by atoms with Crippen molar-refractivity contribution >= 4 is 22.5 Å². The number of pyridine rings is 1. The molecule has 3 heterocycles. The average molecular weight is 452 g/mol. The third-order valence-electron chi connectivity index (χ3n) is 6.33. The first-order valence-electron chi connectivity index (χ1n) is 11.7. The zero-order valence-corrected chi connectivity index (χ0v) is 20.1. The molecule has 0 spiro atoms. The Morgan fingerprint density at radius 1 is 1.00 bits per heavy atom. The topological polar surface area (TPSA) is 63.4 Å². The lowest BCUT2D eigenvalue weighted by atomic mass is 9.87. The molecular formula is C28H29N5O. The Morgan fingerprint density at radius 3 is 2.47 bits per heavy atom. The highest BCUT2D eigenvalue weighted by Gasteiger charge is 2.37. The number of fused-ring (bicyclic) bond motifs is 2. The van der Waals surface area contributed by atoms with Crippen molar-refractivity contribution < 1.29 is 4.79 Å². The van der Waals surface area contributed by atoms with Crippen LogP contribution in [0.15, 0.2) is 72.0 Å². The number of rotatable bonds is 5. The standard InChI is InChI=1S/C28H29N5O/c1-18(2)16-23-25-24(27(32(3)4)30-28(23)34)26(20-12-14-29-15-13-20)33(31-25)17-21-10-7-9-19-8-5-6-11-22(19)21/h5-15,18,23H,16-17H2,1-4H3. The molecule has 172 valence electrons. The third kappa shape index (κ3) is 3.89. The Morgan fingerprint density at radius 2 is 1.74 bits per heavy atom. The average Bonchev–Trinajstić information content (AvgIpc) is 3.20. The molecule has 1 atom stereocenters. The van der Waals surface area contributed by atoms with Crippen molar-refractivity contribution in [3.63, 3.8) is 0 Å². The number of amidine groups is 1. The van der Waals surface area contributed by atoms with Crippen molar-refractivity contribution in [2.24, 2.45) is 10.9 Å². The molecule has 0 saturated heterocycles. The fourth-order valence-electron chi connectivity index (χ4n) is 4.82. The van der Waals surface area contributed by atoms with Gasteiger partial charge in [-0.1, -0.05) is 56.3 Å². The molecular weight excluding hydrogens is 422 g/mol. The van der Waals surface area contributed by atoms with Gasteiger partial charge in [-0.05, 0) is 40.8 Å². The van der Waals surface area contributed by atoms with Gasteiger partial charge in [0, 0.05) is 32.1 Å². The van der Waals surface area contributed by atoms with E-state index in [1.54, 1.807) is 12.4 Å². The fourth-order valence-corrected chi connectivity index (χ4v) is 4.82.